The number of hydrogen-bond acceptors (Lipinski definition) is 5. The van der Waals surface area contributed by atoms with Crippen LogP contribution in [0.2, 0.25) is 5.15 Å². The highest BCUT2D eigenvalue weighted by molar-refractivity contribution is 9.10. The molecule has 0 radical (unpaired) electrons. The van der Waals surface area contributed by atoms with E-state index < -0.39 is 5.91 Å². The molecule has 0 atom stereocenters. The molecule has 1 aromatic heterocycles. The maximum absolute atomic E-state index is 12.2. The second-order valence-corrected chi connectivity index (χ2v) is 8.40. The first kappa shape index (κ1) is 21.3. The standard InChI is InChI=1S/C20H17BrClN3O3S/c1-13-3-2-4-16(9-13)28-12-18(26)24-23-10-17-19(22)25(20(27)29-17)11-14-5-7-15(21)8-6-14/h2-10H,11-12H2,1H3,(H,24,26)/b23-10-. The zero-order valence-corrected chi connectivity index (χ0v) is 18.6. The number of aryl methyl sites for hydroxylation is 1. The summed E-state index contributed by atoms with van der Waals surface area (Å²) in [6.45, 7) is 2.12. The van der Waals surface area contributed by atoms with Crippen LogP contribution >= 0.6 is 38.9 Å². The van der Waals surface area contributed by atoms with Crippen molar-refractivity contribution in [3.8, 4) is 5.75 Å². The molecule has 0 aliphatic heterocycles. The average molecular weight is 495 g/mol. The monoisotopic (exact) mass is 493 g/mol. The maximum Gasteiger partial charge on any atom is 0.309 e. The van der Waals surface area contributed by atoms with Gasteiger partial charge in [-0.25, -0.2) is 5.43 Å². The Morgan fingerprint density at radius 2 is 2.07 bits per heavy atom. The van der Waals surface area contributed by atoms with E-state index in [1.807, 2.05) is 49.4 Å². The number of nitrogens with one attached hydrogen (secondary N) is 1. The molecule has 0 fully saturated rings. The molecular weight excluding hydrogens is 478 g/mol. The fraction of sp³-hybridized carbons (Fsp3) is 0.150. The predicted octanol–water partition coefficient (Wildman–Crippen LogP) is 4.21. The van der Waals surface area contributed by atoms with Crippen molar-refractivity contribution in [2.24, 2.45) is 5.10 Å². The molecule has 0 saturated carbocycles. The average Bonchev–Trinajstić information content (AvgIpc) is 2.96. The Hall–Kier alpha value is -2.42. The van der Waals surface area contributed by atoms with Gasteiger partial charge >= 0.3 is 4.87 Å². The number of thiazole rings is 1. The van der Waals surface area contributed by atoms with Crippen molar-refractivity contribution >= 4 is 51.0 Å². The van der Waals surface area contributed by atoms with Crippen LogP contribution in [-0.2, 0) is 11.3 Å². The zero-order valence-electron chi connectivity index (χ0n) is 15.4. The lowest BCUT2D eigenvalue weighted by molar-refractivity contribution is -0.123. The largest absolute Gasteiger partial charge is 0.484 e. The molecule has 0 unspecified atom stereocenters. The number of ether oxygens (including phenoxy) is 1. The van der Waals surface area contributed by atoms with Gasteiger partial charge in [-0.1, -0.05) is 63.1 Å². The number of rotatable bonds is 7. The second-order valence-electron chi connectivity index (χ2n) is 6.13. The molecule has 6 nitrogen and oxygen atoms in total. The first-order valence-electron chi connectivity index (χ1n) is 8.57. The highest BCUT2D eigenvalue weighted by Gasteiger charge is 2.12. The molecule has 0 saturated heterocycles. The van der Waals surface area contributed by atoms with Crippen LogP contribution in [0.4, 0.5) is 0 Å². The number of amides is 1. The summed E-state index contributed by atoms with van der Waals surface area (Å²) in [5, 5.41) is 4.14. The van der Waals surface area contributed by atoms with Crippen LogP contribution in [0, 0.1) is 6.92 Å². The van der Waals surface area contributed by atoms with Crippen LogP contribution in [0.15, 0.2) is 62.9 Å². The van der Waals surface area contributed by atoms with Gasteiger partial charge in [0.1, 0.15) is 10.9 Å². The minimum Gasteiger partial charge on any atom is -0.484 e. The third-order valence-corrected chi connectivity index (χ3v) is 5.80. The van der Waals surface area contributed by atoms with Gasteiger partial charge in [0.05, 0.1) is 17.6 Å². The summed E-state index contributed by atoms with van der Waals surface area (Å²) in [5.74, 6) is 0.191. The van der Waals surface area contributed by atoms with Crippen molar-refractivity contribution in [1.82, 2.24) is 9.99 Å². The number of benzene rings is 2. The lowest BCUT2D eigenvalue weighted by Gasteiger charge is -2.05. The van der Waals surface area contributed by atoms with E-state index in [1.54, 1.807) is 6.07 Å². The molecule has 3 aromatic rings. The van der Waals surface area contributed by atoms with Crippen molar-refractivity contribution in [1.29, 1.82) is 0 Å². The van der Waals surface area contributed by atoms with Crippen LogP contribution in [0.25, 0.3) is 0 Å². The van der Waals surface area contributed by atoms with Crippen molar-refractivity contribution < 1.29 is 9.53 Å². The van der Waals surface area contributed by atoms with E-state index >= 15 is 0 Å². The number of hydrogen-bond donors (Lipinski definition) is 1. The van der Waals surface area contributed by atoms with Crippen molar-refractivity contribution in [3.63, 3.8) is 0 Å². The Kier molecular flexibility index (Phi) is 7.24. The number of nitrogens with zero attached hydrogens (tertiary/aromatic N) is 2. The molecule has 150 valence electrons. The van der Waals surface area contributed by atoms with Crippen LogP contribution in [0.3, 0.4) is 0 Å². The Labute approximate surface area is 184 Å². The summed E-state index contributed by atoms with van der Waals surface area (Å²) in [6.07, 6.45) is 1.36. The fourth-order valence-electron chi connectivity index (χ4n) is 2.44. The maximum atomic E-state index is 12.2. The quantitative estimate of drug-likeness (QED) is 0.395. The van der Waals surface area contributed by atoms with Crippen LogP contribution in [0.1, 0.15) is 16.0 Å². The number of hydrazone groups is 1. The predicted molar refractivity (Wildman–Crippen MR) is 119 cm³/mol. The summed E-state index contributed by atoms with van der Waals surface area (Å²) < 4.78 is 7.82. The van der Waals surface area contributed by atoms with E-state index in [2.05, 4.69) is 26.5 Å². The van der Waals surface area contributed by atoms with Gasteiger partial charge in [-0.05, 0) is 42.3 Å². The van der Waals surface area contributed by atoms with E-state index in [0.717, 1.165) is 26.9 Å². The summed E-state index contributed by atoms with van der Waals surface area (Å²) >= 11 is 10.7. The van der Waals surface area contributed by atoms with Crippen molar-refractivity contribution in [2.75, 3.05) is 6.61 Å². The Bertz CT molecular complexity index is 1090. The minimum absolute atomic E-state index is 0.171. The highest BCUT2D eigenvalue weighted by atomic mass is 79.9. The van der Waals surface area contributed by atoms with Gasteiger partial charge in [0.25, 0.3) is 5.91 Å². The van der Waals surface area contributed by atoms with Crippen LogP contribution < -0.4 is 15.0 Å². The first-order chi connectivity index (χ1) is 13.9. The molecule has 2 aromatic carbocycles. The normalized spacial score (nSPS) is 11.0. The number of halogens is 2. The summed E-state index contributed by atoms with van der Waals surface area (Å²) in [4.78, 5) is 24.4. The fourth-order valence-corrected chi connectivity index (χ4v) is 3.81. The van der Waals surface area contributed by atoms with Gasteiger partial charge in [-0.3, -0.25) is 14.2 Å². The van der Waals surface area contributed by atoms with E-state index in [9.17, 15) is 9.59 Å². The zero-order chi connectivity index (χ0) is 20.8. The number of aromatic nitrogens is 1. The summed E-state index contributed by atoms with van der Waals surface area (Å²) in [7, 11) is 0. The van der Waals surface area contributed by atoms with E-state index in [0.29, 0.717) is 17.2 Å². The van der Waals surface area contributed by atoms with Crippen molar-refractivity contribution in [3.05, 3.63) is 83.8 Å². The topological polar surface area (TPSA) is 72.7 Å². The lowest BCUT2D eigenvalue weighted by atomic mass is 10.2. The van der Waals surface area contributed by atoms with Crippen LogP contribution in [-0.4, -0.2) is 23.3 Å². The van der Waals surface area contributed by atoms with Gasteiger partial charge in [0.2, 0.25) is 0 Å². The van der Waals surface area contributed by atoms with Gasteiger partial charge in [0.15, 0.2) is 6.61 Å². The highest BCUT2D eigenvalue weighted by Crippen LogP contribution is 2.19. The number of carbonyl (C=O) groups is 1. The van der Waals surface area contributed by atoms with E-state index in [4.69, 9.17) is 16.3 Å². The van der Waals surface area contributed by atoms with Crippen LogP contribution in [0.5, 0.6) is 5.75 Å². The minimum atomic E-state index is -0.416. The van der Waals surface area contributed by atoms with Crippen molar-refractivity contribution in [2.45, 2.75) is 13.5 Å². The first-order valence-corrected chi connectivity index (χ1v) is 10.6. The van der Waals surface area contributed by atoms with Gasteiger partial charge in [0, 0.05) is 4.47 Å². The van der Waals surface area contributed by atoms with Gasteiger partial charge in [-0.2, -0.15) is 5.10 Å². The van der Waals surface area contributed by atoms with Gasteiger partial charge in [-0.15, -0.1) is 0 Å². The summed E-state index contributed by atoms with van der Waals surface area (Å²) in [6, 6.07) is 15.0. The molecule has 0 aliphatic rings. The smallest absolute Gasteiger partial charge is 0.309 e. The number of carbonyl (C=O) groups excluding carboxylic acids is 1. The molecule has 1 amide bonds. The molecule has 0 aliphatic carbocycles. The van der Waals surface area contributed by atoms with E-state index in [1.165, 1.54) is 10.8 Å². The molecule has 1 N–H and O–H groups in total. The third-order valence-electron chi connectivity index (χ3n) is 3.84. The lowest BCUT2D eigenvalue weighted by Crippen LogP contribution is -2.24. The molecule has 3 rings (SSSR count). The van der Waals surface area contributed by atoms with Gasteiger partial charge < -0.3 is 4.74 Å². The molecule has 0 bridgehead atoms. The Morgan fingerprint density at radius 3 is 2.79 bits per heavy atom. The van der Waals surface area contributed by atoms with E-state index in [-0.39, 0.29) is 16.6 Å². The molecule has 29 heavy (non-hydrogen) atoms. The molecule has 0 spiro atoms. The molecular formula is C20H17BrClN3O3S. The third kappa shape index (κ3) is 6.03. The second kappa shape index (κ2) is 9.87. The Morgan fingerprint density at radius 1 is 1.31 bits per heavy atom. The SMILES string of the molecule is Cc1cccc(OCC(=O)N/N=C\c2sc(=O)n(Cc3ccc(Br)cc3)c2Cl)c1. The summed E-state index contributed by atoms with van der Waals surface area (Å²) in [5.41, 5.74) is 4.35. The Balaban J connectivity index is 1.58. The molecule has 9 heteroatoms. The molecule has 1 heterocycles.